The normalized spacial score (nSPS) is 10.9. The zero-order valence-corrected chi connectivity index (χ0v) is 11.5. The lowest BCUT2D eigenvalue weighted by molar-refractivity contribution is 0.746. The molecule has 0 radical (unpaired) electrons. The fraction of sp³-hybridized carbons (Fsp3) is 0.286. The number of anilines is 1. The second kappa shape index (κ2) is 5.24. The number of aromatic nitrogens is 5. The number of hydrogen-bond donors (Lipinski definition) is 1. The highest BCUT2D eigenvalue weighted by atomic mass is 15.3. The van der Waals surface area contributed by atoms with Gasteiger partial charge in [-0.25, -0.2) is 9.97 Å². The largest absolute Gasteiger partial charge is 0.366 e. The van der Waals surface area contributed by atoms with Crippen molar-refractivity contribution in [3.63, 3.8) is 0 Å². The minimum absolute atomic E-state index is 0.652. The van der Waals surface area contributed by atoms with Gasteiger partial charge >= 0.3 is 0 Å². The first-order valence-corrected chi connectivity index (χ1v) is 6.59. The minimum atomic E-state index is 0.652. The Bertz CT molecular complexity index is 733. The molecule has 6 heteroatoms. The van der Waals surface area contributed by atoms with Crippen LogP contribution >= 0.6 is 0 Å². The van der Waals surface area contributed by atoms with Crippen molar-refractivity contribution in [2.75, 3.05) is 5.32 Å². The molecule has 0 unspecified atom stereocenters. The van der Waals surface area contributed by atoms with Gasteiger partial charge < -0.3 is 5.32 Å². The van der Waals surface area contributed by atoms with Crippen molar-refractivity contribution in [3.8, 4) is 0 Å². The van der Waals surface area contributed by atoms with Crippen LogP contribution in [0.25, 0.3) is 11.2 Å². The molecule has 0 amide bonds. The van der Waals surface area contributed by atoms with E-state index in [0.29, 0.717) is 12.2 Å². The summed E-state index contributed by atoms with van der Waals surface area (Å²) >= 11 is 0. The highest BCUT2D eigenvalue weighted by Crippen LogP contribution is 2.13. The molecule has 6 nitrogen and oxygen atoms in total. The molecule has 3 aromatic heterocycles. The van der Waals surface area contributed by atoms with Gasteiger partial charge in [0.15, 0.2) is 5.65 Å². The Balaban J connectivity index is 1.79. The van der Waals surface area contributed by atoms with Crippen molar-refractivity contribution in [2.24, 2.45) is 7.05 Å². The molecule has 0 aliphatic rings. The van der Waals surface area contributed by atoms with Gasteiger partial charge in [0.1, 0.15) is 11.3 Å². The van der Waals surface area contributed by atoms with Gasteiger partial charge in [-0.15, -0.1) is 0 Å². The summed E-state index contributed by atoms with van der Waals surface area (Å²) in [5, 5.41) is 7.73. The molecule has 0 fully saturated rings. The third-order valence-electron chi connectivity index (χ3n) is 3.12. The fourth-order valence-electron chi connectivity index (χ4n) is 2.17. The van der Waals surface area contributed by atoms with Crippen molar-refractivity contribution in [1.29, 1.82) is 0 Å². The second-order valence-electron chi connectivity index (χ2n) is 4.58. The summed E-state index contributed by atoms with van der Waals surface area (Å²) < 4.78 is 1.84. The average molecular weight is 268 g/mol. The smallest absolute Gasteiger partial charge is 0.180 e. The number of fused-ring (bicyclic) bond motifs is 1. The van der Waals surface area contributed by atoms with Gasteiger partial charge in [-0.3, -0.25) is 9.67 Å². The summed E-state index contributed by atoms with van der Waals surface area (Å²) in [4.78, 5) is 12.9. The SMILES string of the molecule is CCc1nn(C)cc1CNc1ccc2nccnc2n1. The Morgan fingerprint density at radius 1 is 1.20 bits per heavy atom. The molecule has 0 saturated heterocycles. The van der Waals surface area contributed by atoms with E-state index in [1.54, 1.807) is 12.4 Å². The number of aryl methyl sites for hydroxylation is 2. The van der Waals surface area contributed by atoms with Crippen LogP contribution in [0.15, 0.2) is 30.7 Å². The molecule has 0 aliphatic heterocycles. The standard InChI is InChI=1S/C14H16N6/c1-3-11-10(9-20(2)19-11)8-17-13-5-4-12-14(18-13)16-7-6-15-12/h4-7,9H,3,8H2,1-2H3,(H,16,17,18). The number of nitrogens with zero attached hydrogens (tertiary/aromatic N) is 5. The summed E-state index contributed by atoms with van der Waals surface area (Å²) in [6.45, 7) is 2.81. The molecule has 0 aromatic carbocycles. The lowest BCUT2D eigenvalue weighted by atomic mass is 10.2. The Kier molecular flexibility index (Phi) is 3.28. The van der Waals surface area contributed by atoms with Gasteiger partial charge in [0.25, 0.3) is 0 Å². The topological polar surface area (TPSA) is 68.5 Å². The van der Waals surface area contributed by atoms with Crippen LogP contribution in [0.2, 0.25) is 0 Å². The number of nitrogens with one attached hydrogen (secondary N) is 1. The zero-order valence-electron chi connectivity index (χ0n) is 11.5. The number of rotatable bonds is 4. The van der Waals surface area contributed by atoms with Crippen LogP contribution in [0, 0.1) is 0 Å². The van der Waals surface area contributed by atoms with Crippen molar-refractivity contribution in [3.05, 3.63) is 42.0 Å². The molecule has 3 aromatic rings. The lowest BCUT2D eigenvalue weighted by Crippen LogP contribution is -2.03. The molecule has 3 heterocycles. The van der Waals surface area contributed by atoms with E-state index in [1.807, 2.05) is 30.1 Å². The molecule has 20 heavy (non-hydrogen) atoms. The average Bonchev–Trinajstić information content (AvgIpc) is 2.85. The van der Waals surface area contributed by atoms with E-state index < -0.39 is 0 Å². The minimum Gasteiger partial charge on any atom is -0.366 e. The van der Waals surface area contributed by atoms with E-state index in [4.69, 9.17) is 0 Å². The fourth-order valence-corrected chi connectivity index (χ4v) is 2.17. The van der Waals surface area contributed by atoms with Crippen LogP contribution in [0.4, 0.5) is 5.82 Å². The number of pyridine rings is 1. The summed E-state index contributed by atoms with van der Waals surface area (Å²) in [5.74, 6) is 0.795. The monoisotopic (exact) mass is 268 g/mol. The predicted octanol–water partition coefficient (Wildman–Crippen LogP) is 1.93. The Labute approximate surface area is 116 Å². The summed E-state index contributed by atoms with van der Waals surface area (Å²) in [6, 6.07) is 3.83. The maximum atomic E-state index is 4.44. The molecular formula is C14H16N6. The second-order valence-corrected chi connectivity index (χ2v) is 4.58. The maximum Gasteiger partial charge on any atom is 0.180 e. The van der Waals surface area contributed by atoms with E-state index in [9.17, 15) is 0 Å². The van der Waals surface area contributed by atoms with E-state index in [-0.39, 0.29) is 0 Å². The van der Waals surface area contributed by atoms with Crippen molar-refractivity contribution >= 4 is 17.0 Å². The molecule has 0 spiro atoms. The zero-order chi connectivity index (χ0) is 13.9. The molecule has 0 saturated carbocycles. The molecule has 0 bridgehead atoms. The molecular weight excluding hydrogens is 252 g/mol. The molecule has 1 N–H and O–H groups in total. The van der Waals surface area contributed by atoms with Gasteiger partial charge in [0.05, 0.1) is 5.69 Å². The van der Waals surface area contributed by atoms with Gasteiger partial charge in [-0.2, -0.15) is 5.10 Å². The van der Waals surface area contributed by atoms with Gasteiger partial charge in [0, 0.05) is 37.7 Å². The van der Waals surface area contributed by atoms with Crippen LogP contribution in [-0.4, -0.2) is 24.7 Å². The predicted molar refractivity (Wildman–Crippen MR) is 77.2 cm³/mol. The highest BCUT2D eigenvalue weighted by molar-refractivity contribution is 5.71. The van der Waals surface area contributed by atoms with E-state index in [0.717, 1.165) is 23.4 Å². The van der Waals surface area contributed by atoms with Crippen molar-refractivity contribution in [1.82, 2.24) is 24.7 Å². The number of hydrogen-bond acceptors (Lipinski definition) is 5. The van der Waals surface area contributed by atoms with E-state index >= 15 is 0 Å². The maximum absolute atomic E-state index is 4.44. The van der Waals surface area contributed by atoms with Gasteiger partial charge in [-0.05, 0) is 18.6 Å². The third kappa shape index (κ3) is 2.45. The van der Waals surface area contributed by atoms with E-state index in [1.165, 1.54) is 5.56 Å². The Morgan fingerprint density at radius 3 is 2.90 bits per heavy atom. The quantitative estimate of drug-likeness (QED) is 0.783. The Morgan fingerprint density at radius 2 is 2.05 bits per heavy atom. The summed E-state index contributed by atoms with van der Waals surface area (Å²) in [5.41, 5.74) is 3.75. The molecule has 0 aliphatic carbocycles. The summed E-state index contributed by atoms with van der Waals surface area (Å²) in [7, 11) is 1.94. The highest BCUT2D eigenvalue weighted by Gasteiger charge is 2.06. The molecule has 102 valence electrons. The van der Waals surface area contributed by atoms with Crippen molar-refractivity contribution in [2.45, 2.75) is 19.9 Å². The van der Waals surface area contributed by atoms with Crippen LogP contribution < -0.4 is 5.32 Å². The van der Waals surface area contributed by atoms with Crippen LogP contribution in [0.5, 0.6) is 0 Å². The van der Waals surface area contributed by atoms with Crippen molar-refractivity contribution < 1.29 is 0 Å². The van der Waals surface area contributed by atoms with Crippen LogP contribution in [0.3, 0.4) is 0 Å². The Hall–Kier alpha value is -2.50. The van der Waals surface area contributed by atoms with E-state index in [2.05, 4.69) is 32.3 Å². The summed E-state index contributed by atoms with van der Waals surface area (Å²) in [6.07, 6.45) is 6.27. The van der Waals surface area contributed by atoms with Gasteiger partial charge in [-0.1, -0.05) is 6.92 Å². The molecule has 3 rings (SSSR count). The van der Waals surface area contributed by atoms with Gasteiger partial charge in [0.2, 0.25) is 0 Å². The van der Waals surface area contributed by atoms with Crippen LogP contribution in [0.1, 0.15) is 18.2 Å². The third-order valence-corrected chi connectivity index (χ3v) is 3.12. The first-order valence-electron chi connectivity index (χ1n) is 6.59. The van der Waals surface area contributed by atoms with Crippen LogP contribution in [-0.2, 0) is 20.0 Å². The first kappa shape index (κ1) is 12.5. The lowest BCUT2D eigenvalue weighted by Gasteiger charge is -2.05. The molecule has 0 atom stereocenters. The first-order chi connectivity index (χ1) is 9.76.